The van der Waals surface area contributed by atoms with Crippen molar-refractivity contribution in [3.8, 4) is 0 Å². The van der Waals surface area contributed by atoms with Crippen molar-refractivity contribution in [3.63, 3.8) is 0 Å². The van der Waals surface area contributed by atoms with E-state index in [1.165, 1.54) is 23.1 Å². The van der Waals surface area contributed by atoms with Crippen molar-refractivity contribution in [2.45, 2.75) is 19.8 Å². The molecule has 0 fully saturated rings. The summed E-state index contributed by atoms with van der Waals surface area (Å²) in [7, 11) is 0. The first kappa shape index (κ1) is 8.24. The first-order valence-corrected chi connectivity index (χ1v) is 4.65. The minimum atomic E-state index is 1.15. The lowest BCUT2D eigenvalue weighted by Crippen LogP contribution is -1.88. The van der Waals surface area contributed by atoms with Gasteiger partial charge in [-0.1, -0.05) is 18.2 Å². The lowest BCUT2D eigenvalue weighted by Gasteiger charge is -2.06. The van der Waals surface area contributed by atoms with Crippen LogP contribution in [0.15, 0.2) is 36.7 Å². The molecule has 2 rings (SSSR count). The van der Waals surface area contributed by atoms with Crippen LogP contribution in [0.25, 0.3) is 5.57 Å². The summed E-state index contributed by atoms with van der Waals surface area (Å²) in [6.07, 6.45) is 12.8. The van der Waals surface area contributed by atoms with Crippen LogP contribution in [0, 0.1) is 6.92 Å². The van der Waals surface area contributed by atoms with E-state index < -0.39 is 0 Å². The standard InChI is InChI=1S/C12H13N/c1-10-7-12(9-13-8-10)11-5-3-2-4-6-11/h3,5-9H,2,4H2,1H3. The molecule has 0 aliphatic heterocycles. The molecule has 1 aliphatic rings. The molecule has 0 saturated heterocycles. The van der Waals surface area contributed by atoms with Crippen molar-refractivity contribution in [1.82, 2.24) is 4.98 Å². The number of hydrogen-bond donors (Lipinski definition) is 0. The smallest absolute Gasteiger partial charge is 0.0346 e. The third kappa shape index (κ3) is 1.86. The first-order chi connectivity index (χ1) is 6.36. The Kier molecular flexibility index (Phi) is 2.26. The normalized spacial score (nSPS) is 15.6. The molecule has 1 heteroatoms. The number of aromatic nitrogens is 1. The van der Waals surface area contributed by atoms with E-state index in [1.807, 2.05) is 12.4 Å². The zero-order chi connectivity index (χ0) is 9.10. The maximum Gasteiger partial charge on any atom is 0.0346 e. The number of nitrogens with zero attached hydrogens (tertiary/aromatic N) is 1. The first-order valence-electron chi connectivity index (χ1n) is 4.65. The van der Waals surface area contributed by atoms with Gasteiger partial charge in [-0.15, -0.1) is 0 Å². The quantitative estimate of drug-likeness (QED) is 0.632. The minimum absolute atomic E-state index is 1.15. The molecule has 1 aliphatic carbocycles. The Morgan fingerprint density at radius 3 is 2.85 bits per heavy atom. The molecule has 1 aromatic rings. The average Bonchev–Trinajstić information content (AvgIpc) is 2.19. The zero-order valence-electron chi connectivity index (χ0n) is 7.83. The summed E-state index contributed by atoms with van der Waals surface area (Å²) < 4.78 is 0. The number of allylic oxidation sites excluding steroid dienone is 4. The SMILES string of the molecule is Cc1cncc(C2=CCCC=C2)c1. The van der Waals surface area contributed by atoms with Gasteiger partial charge in [-0.25, -0.2) is 0 Å². The Hall–Kier alpha value is -1.37. The topological polar surface area (TPSA) is 12.9 Å². The van der Waals surface area contributed by atoms with Crippen LogP contribution in [0.1, 0.15) is 24.0 Å². The van der Waals surface area contributed by atoms with Crippen LogP contribution >= 0.6 is 0 Å². The summed E-state index contributed by atoms with van der Waals surface area (Å²) in [6.45, 7) is 2.07. The van der Waals surface area contributed by atoms with Gasteiger partial charge in [-0.2, -0.15) is 0 Å². The van der Waals surface area contributed by atoms with Crippen LogP contribution < -0.4 is 0 Å². The summed E-state index contributed by atoms with van der Waals surface area (Å²) in [6, 6.07) is 2.18. The van der Waals surface area contributed by atoms with E-state index in [0.717, 1.165) is 6.42 Å². The van der Waals surface area contributed by atoms with Gasteiger partial charge in [-0.3, -0.25) is 4.98 Å². The van der Waals surface area contributed by atoms with Gasteiger partial charge < -0.3 is 0 Å². The molecule has 0 atom stereocenters. The highest BCUT2D eigenvalue weighted by Crippen LogP contribution is 2.20. The molecule has 0 amide bonds. The third-order valence-electron chi connectivity index (χ3n) is 2.20. The Balaban J connectivity index is 2.35. The fraction of sp³-hybridized carbons (Fsp3) is 0.250. The van der Waals surface area contributed by atoms with Gasteiger partial charge >= 0.3 is 0 Å². The van der Waals surface area contributed by atoms with Crippen LogP contribution in [0.5, 0.6) is 0 Å². The Morgan fingerprint density at radius 2 is 2.15 bits per heavy atom. The van der Waals surface area contributed by atoms with Crippen LogP contribution in [-0.4, -0.2) is 4.98 Å². The average molecular weight is 171 g/mol. The molecule has 0 unspecified atom stereocenters. The van der Waals surface area contributed by atoms with Crippen LogP contribution in [0.2, 0.25) is 0 Å². The van der Waals surface area contributed by atoms with E-state index in [9.17, 15) is 0 Å². The van der Waals surface area contributed by atoms with Gasteiger partial charge in [0.1, 0.15) is 0 Å². The third-order valence-corrected chi connectivity index (χ3v) is 2.20. The highest BCUT2D eigenvalue weighted by molar-refractivity contribution is 5.74. The highest BCUT2D eigenvalue weighted by atomic mass is 14.6. The highest BCUT2D eigenvalue weighted by Gasteiger charge is 2.00. The largest absolute Gasteiger partial charge is 0.264 e. The molecular formula is C12H13N. The van der Waals surface area contributed by atoms with Crippen molar-refractivity contribution in [2.24, 2.45) is 0 Å². The second-order valence-electron chi connectivity index (χ2n) is 3.39. The molecule has 1 heterocycles. The molecular weight excluding hydrogens is 158 g/mol. The van der Waals surface area contributed by atoms with Gasteiger partial charge in [0.15, 0.2) is 0 Å². The zero-order valence-corrected chi connectivity index (χ0v) is 7.83. The molecule has 0 bridgehead atoms. The molecule has 1 aromatic heterocycles. The van der Waals surface area contributed by atoms with Gasteiger partial charge in [0.05, 0.1) is 0 Å². The molecule has 0 spiro atoms. The fourth-order valence-electron chi connectivity index (χ4n) is 1.54. The number of aryl methyl sites for hydroxylation is 1. The van der Waals surface area contributed by atoms with Gasteiger partial charge in [0.25, 0.3) is 0 Å². The molecule has 0 N–H and O–H groups in total. The molecule has 13 heavy (non-hydrogen) atoms. The second kappa shape index (κ2) is 3.56. The van der Waals surface area contributed by atoms with Crippen molar-refractivity contribution in [2.75, 3.05) is 0 Å². The van der Waals surface area contributed by atoms with Crippen LogP contribution in [0.3, 0.4) is 0 Å². The van der Waals surface area contributed by atoms with E-state index in [0.29, 0.717) is 0 Å². The Bertz CT molecular complexity index is 361. The lowest BCUT2D eigenvalue weighted by molar-refractivity contribution is 1.04. The molecule has 1 nitrogen and oxygen atoms in total. The van der Waals surface area contributed by atoms with E-state index in [-0.39, 0.29) is 0 Å². The molecule has 66 valence electrons. The summed E-state index contributed by atoms with van der Waals surface area (Å²) in [5.74, 6) is 0. The van der Waals surface area contributed by atoms with Crippen LogP contribution in [0.4, 0.5) is 0 Å². The maximum absolute atomic E-state index is 4.18. The molecule has 0 radical (unpaired) electrons. The van der Waals surface area contributed by atoms with Gasteiger partial charge in [0.2, 0.25) is 0 Å². The monoisotopic (exact) mass is 171 g/mol. The summed E-state index contributed by atoms with van der Waals surface area (Å²) in [5, 5.41) is 0. The predicted octanol–water partition coefficient (Wildman–Crippen LogP) is 3.12. The predicted molar refractivity (Wildman–Crippen MR) is 55.3 cm³/mol. The van der Waals surface area contributed by atoms with Gasteiger partial charge in [-0.05, 0) is 42.5 Å². The van der Waals surface area contributed by atoms with E-state index >= 15 is 0 Å². The maximum atomic E-state index is 4.18. The van der Waals surface area contributed by atoms with Crippen LogP contribution in [-0.2, 0) is 0 Å². The number of hydrogen-bond acceptors (Lipinski definition) is 1. The number of rotatable bonds is 1. The minimum Gasteiger partial charge on any atom is -0.264 e. The van der Waals surface area contributed by atoms with Crippen molar-refractivity contribution >= 4 is 5.57 Å². The van der Waals surface area contributed by atoms with Crippen molar-refractivity contribution in [3.05, 3.63) is 47.8 Å². The second-order valence-corrected chi connectivity index (χ2v) is 3.39. The van der Waals surface area contributed by atoms with Gasteiger partial charge in [0, 0.05) is 12.4 Å². The van der Waals surface area contributed by atoms with Crippen molar-refractivity contribution in [1.29, 1.82) is 0 Å². The van der Waals surface area contributed by atoms with Crippen molar-refractivity contribution < 1.29 is 0 Å². The number of pyridine rings is 1. The Labute approximate surface area is 78.8 Å². The summed E-state index contributed by atoms with van der Waals surface area (Å²) in [5.41, 5.74) is 3.76. The molecule has 0 saturated carbocycles. The Morgan fingerprint density at radius 1 is 1.23 bits per heavy atom. The molecule has 0 aromatic carbocycles. The van der Waals surface area contributed by atoms with E-state index in [1.54, 1.807) is 0 Å². The van der Waals surface area contributed by atoms with E-state index in [4.69, 9.17) is 0 Å². The van der Waals surface area contributed by atoms with E-state index in [2.05, 4.69) is 36.2 Å². The summed E-state index contributed by atoms with van der Waals surface area (Å²) in [4.78, 5) is 4.18. The fourth-order valence-corrected chi connectivity index (χ4v) is 1.54. The lowest BCUT2D eigenvalue weighted by atomic mass is 10.0. The summed E-state index contributed by atoms with van der Waals surface area (Å²) >= 11 is 0.